The van der Waals surface area contributed by atoms with Gasteiger partial charge in [0.15, 0.2) is 0 Å². The number of halogens is 2. The Hall–Kier alpha value is -0.640. The first-order chi connectivity index (χ1) is 6.99. The Labute approximate surface area is 93.9 Å². The van der Waals surface area contributed by atoms with Crippen molar-refractivity contribution in [3.8, 4) is 0 Å². The van der Waals surface area contributed by atoms with Crippen LogP contribution in [0.1, 0.15) is 30.5 Å². The average Bonchev–Trinajstić information content (AvgIpc) is 2.22. The van der Waals surface area contributed by atoms with E-state index in [2.05, 4.69) is 0 Å². The Balaban J connectivity index is 3.18. The van der Waals surface area contributed by atoms with Crippen molar-refractivity contribution in [3.63, 3.8) is 0 Å². The van der Waals surface area contributed by atoms with Crippen LogP contribution in [-0.4, -0.2) is 11.2 Å². The monoisotopic (exact) mass is 231 g/mol. The lowest BCUT2D eigenvalue weighted by molar-refractivity contribution is 0.139. The van der Waals surface area contributed by atoms with Crippen LogP contribution in [0.15, 0.2) is 12.1 Å². The van der Waals surface area contributed by atoms with Gasteiger partial charge < -0.3 is 10.8 Å². The molecule has 0 spiro atoms. The first kappa shape index (κ1) is 12.4. The third kappa shape index (κ3) is 2.48. The molecule has 1 rings (SSSR count). The zero-order chi connectivity index (χ0) is 11.6. The minimum absolute atomic E-state index is 0.200. The fourth-order valence-corrected chi connectivity index (χ4v) is 1.70. The largest absolute Gasteiger partial charge is 0.391 e. The first-order valence-corrected chi connectivity index (χ1v) is 5.25. The maximum atomic E-state index is 13.7. The Kier molecular flexibility index (Phi) is 4.08. The first-order valence-electron chi connectivity index (χ1n) is 4.87. The predicted molar refractivity (Wildman–Crippen MR) is 59.4 cm³/mol. The lowest BCUT2D eigenvalue weighted by atomic mass is 9.98. The minimum atomic E-state index is -0.779. The highest BCUT2D eigenvalue weighted by Crippen LogP contribution is 2.29. The van der Waals surface area contributed by atoms with Gasteiger partial charge in [-0.05, 0) is 25.0 Å². The summed E-state index contributed by atoms with van der Waals surface area (Å²) in [4.78, 5) is 0. The summed E-state index contributed by atoms with van der Waals surface area (Å²) < 4.78 is 13.7. The van der Waals surface area contributed by atoms with Gasteiger partial charge in [0.05, 0.1) is 12.1 Å². The van der Waals surface area contributed by atoms with Gasteiger partial charge >= 0.3 is 0 Å². The Bertz CT molecular complexity index is 357. The normalized spacial score (nSPS) is 15.1. The summed E-state index contributed by atoms with van der Waals surface area (Å²) in [5.41, 5.74) is 6.42. The highest BCUT2D eigenvalue weighted by Gasteiger charge is 2.22. The van der Waals surface area contributed by atoms with Gasteiger partial charge in [0.25, 0.3) is 0 Å². The van der Waals surface area contributed by atoms with Crippen LogP contribution in [-0.2, 0) is 0 Å². The number of hydrogen-bond acceptors (Lipinski definition) is 2. The van der Waals surface area contributed by atoms with Crippen molar-refractivity contribution in [2.24, 2.45) is 5.73 Å². The van der Waals surface area contributed by atoms with Crippen LogP contribution >= 0.6 is 11.6 Å². The molecule has 2 nitrogen and oxygen atoms in total. The molecule has 0 radical (unpaired) electrons. The van der Waals surface area contributed by atoms with Crippen molar-refractivity contribution >= 4 is 11.6 Å². The van der Waals surface area contributed by atoms with Crippen LogP contribution in [0.5, 0.6) is 0 Å². The molecule has 0 heterocycles. The zero-order valence-electron chi connectivity index (χ0n) is 8.80. The standard InChI is InChI=1S/C11H15ClFNO/c1-3-8(15)11(14)9-7(12)5-4-6(2)10(9)13/h4-5,8,11,15H,3,14H2,1-2H3/t8-,11-/m0/s1. The lowest BCUT2D eigenvalue weighted by Gasteiger charge is -2.20. The van der Waals surface area contributed by atoms with E-state index in [1.165, 1.54) is 0 Å². The summed E-state index contributed by atoms with van der Waals surface area (Å²) >= 11 is 5.87. The van der Waals surface area contributed by atoms with Gasteiger partial charge in [0, 0.05) is 10.6 Å². The molecular formula is C11H15ClFNO. The maximum Gasteiger partial charge on any atom is 0.132 e. The van der Waals surface area contributed by atoms with Crippen LogP contribution in [0.2, 0.25) is 5.02 Å². The number of nitrogens with two attached hydrogens (primary N) is 1. The summed E-state index contributed by atoms with van der Waals surface area (Å²) in [5, 5.41) is 9.83. The molecule has 0 aliphatic rings. The highest BCUT2D eigenvalue weighted by molar-refractivity contribution is 6.31. The Morgan fingerprint density at radius 3 is 2.67 bits per heavy atom. The maximum absolute atomic E-state index is 13.7. The van der Waals surface area contributed by atoms with Crippen LogP contribution in [0.25, 0.3) is 0 Å². The molecule has 3 N–H and O–H groups in total. The molecule has 1 aromatic carbocycles. The molecule has 0 amide bonds. The minimum Gasteiger partial charge on any atom is -0.391 e. The van der Waals surface area contributed by atoms with Gasteiger partial charge in [-0.1, -0.05) is 24.6 Å². The van der Waals surface area contributed by atoms with Crippen molar-refractivity contribution in [1.29, 1.82) is 0 Å². The molecule has 0 aliphatic heterocycles. The van der Waals surface area contributed by atoms with Crippen LogP contribution in [0.3, 0.4) is 0 Å². The van der Waals surface area contributed by atoms with E-state index in [1.807, 2.05) is 0 Å². The Morgan fingerprint density at radius 1 is 1.53 bits per heavy atom. The summed E-state index contributed by atoms with van der Waals surface area (Å²) in [7, 11) is 0. The average molecular weight is 232 g/mol. The zero-order valence-corrected chi connectivity index (χ0v) is 9.55. The van der Waals surface area contributed by atoms with Gasteiger partial charge in [-0.3, -0.25) is 0 Å². The highest BCUT2D eigenvalue weighted by atomic mass is 35.5. The summed E-state index contributed by atoms with van der Waals surface area (Å²) in [5.74, 6) is -0.428. The molecule has 0 bridgehead atoms. The molecule has 0 aliphatic carbocycles. The van der Waals surface area contributed by atoms with Crippen LogP contribution in [0.4, 0.5) is 4.39 Å². The molecule has 0 fully saturated rings. The van der Waals surface area contributed by atoms with E-state index in [0.29, 0.717) is 12.0 Å². The van der Waals surface area contributed by atoms with E-state index in [9.17, 15) is 9.50 Å². The molecule has 0 unspecified atom stereocenters. The number of hydrogen-bond donors (Lipinski definition) is 2. The topological polar surface area (TPSA) is 46.2 Å². The number of rotatable bonds is 3. The molecule has 4 heteroatoms. The third-order valence-corrected chi connectivity index (χ3v) is 2.82. The van der Waals surface area contributed by atoms with Crippen LogP contribution in [0, 0.1) is 12.7 Å². The smallest absolute Gasteiger partial charge is 0.132 e. The summed E-state index contributed by atoms with van der Waals surface area (Å²) in [6.07, 6.45) is -0.316. The second kappa shape index (κ2) is 4.92. The van der Waals surface area contributed by atoms with E-state index >= 15 is 0 Å². The number of aliphatic hydroxyl groups excluding tert-OH is 1. The van der Waals surface area contributed by atoms with Crippen molar-refractivity contribution < 1.29 is 9.50 Å². The fourth-order valence-electron chi connectivity index (χ4n) is 1.43. The molecule has 1 aromatic rings. The molecule has 0 aromatic heterocycles. The number of aryl methyl sites for hydroxylation is 1. The van der Waals surface area contributed by atoms with E-state index < -0.39 is 18.0 Å². The van der Waals surface area contributed by atoms with Gasteiger partial charge in [0.1, 0.15) is 5.82 Å². The van der Waals surface area contributed by atoms with E-state index in [0.717, 1.165) is 0 Å². The SMILES string of the molecule is CC[C@H](O)[C@H](N)c1c(Cl)ccc(C)c1F. The third-order valence-electron chi connectivity index (χ3n) is 2.49. The number of benzene rings is 1. The molecule has 15 heavy (non-hydrogen) atoms. The predicted octanol–water partition coefficient (Wildman–Crippen LogP) is 2.56. The van der Waals surface area contributed by atoms with Crippen molar-refractivity contribution in [3.05, 3.63) is 34.1 Å². The second-order valence-corrected chi connectivity index (χ2v) is 4.00. The molecule has 2 atom stereocenters. The molecule has 0 saturated carbocycles. The van der Waals surface area contributed by atoms with Gasteiger partial charge in [-0.2, -0.15) is 0 Å². The van der Waals surface area contributed by atoms with Crippen LogP contribution < -0.4 is 5.73 Å². The van der Waals surface area contributed by atoms with Crippen molar-refractivity contribution in [2.75, 3.05) is 0 Å². The lowest BCUT2D eigenvalue weighted by Crippen LogP contribution is -2.27. The van der Waals surface area contributed by atoms with Crippen molar-refractivity contribution in [1.82, 2.24) is 0 Å². The second-order valence-electron chi connectivity index (χ2n) is 3.59. The molecular weight excluding hydrogens is 217 g/mol. The van der Waals surface area contributed by atoms with Gasteiger partial charge in [0.2, 0.25) is 0 Å². The summed E-state index contributed by atoms with van der Waals surface area (Å²) in [6.45, 7) is 3.42. The summed E-state index contributed by atoms with van der Waals surface area (Å²) in [6, 6.07) is 2.41. The van der Waals surface area contributed by atoms with Crippen molar-refractivity contribution in [2.45, 2.75) is 32.4 Å². The molecule has 0 saturated heterocycles. The quantitative estimate of drug-likeness (QED) is 0.840. The van der Waals surface area contributed by atoms with E-state index in [4.69, 9.17) is 17.3 Å². The van der Waals surface area contributed by atoms with E-state index in [1.54, 1.807) is 26.0 Å². The van der Waals surface area contributed by atoms with Gasteiger partial charge in [-0.25, -0.2) is 4.39 Å². The Morgan fingerprint density at radius 2 is 2.13 bits per heavy atom. The van der Waals surface area contributed by atoms with Gasteiger partial charge in [-0.15, -0.1) is 0 Å². The van der Waals surface area contributed by atoms with E-state index in [-0.39, 0.29) is 10.6 Å². The fraction of sp³-hybridized carbons (Fsp3) is 0.455. The number of aliphatic hydroxyl groups is 1. The molecule has 84 valence electrons.